The first-order chi connectivity index (χ1) is 13.5. The number of aromatic nitrogens is 3. The number of carbonyl (C=O) groups excluding carboxylic acids is 1. The van der Waals surface area contributed by atoms with Gasteiger partial charge in [-0.05, 0) is 31.7 Å². The van der Waals surface area contributed by atoms with E-state index in [-0.39, 0.29) is 11.9 Å². The van der Waals surface area contributed by atoms with Crippen LogP contribution in [0.5, 0.6) is 5.88 Å². The predicted octanol–water partition coefficient (Wildman–Crippen LogP) is 5.29. The van der Waals surface area contributed by atoms with Crippen molar-refractivity contribution in [3.63, 3.8) is 0 Å². The Labute approximate surface area is 175 Å². The van der Waals surface area contributed by atoms with Gasteiger partial charge in [-0.25, -0.2) is 9.97 Å². The minimum absolute atomic E-state index is 0.0515. The normalized spacial score (nSPS) is 15.9. The van der Waals surface area contributed by atoms with Crippen LogP contribution in [0.4, 0.5) is 0 Å². The summed E-state index contributed by atoms with van der Waals surface area (Å²) in [6.45, 7) is 13.9. The maximum atomic E-state index is 13.1. The average molecular weight is 418 g/mol. The minimum atomic E-state index is -1.15. The molecule has 3 rings (SSSR count). The molecule has 1 saturated carbocycles. The fraction of sp³-hybridized carbons (Fsp3) is 0.682. The Kier molecular flexibility index (Phi) is 6.48. The number of rotatable bonds is 8. The Morgan fingerprint density at radius 1 is 1.24 bits per heavy atom. The molecule has 1 aliphatic rings. The first-order valence-electron chi connectivity index (χ1n) is 10.7. The first-order valence-corrected chi connectivity index (χ1v) is 14.4. The number of hydrogen-bond donors (Lipinski definition) is 0. The van der Waals surface area contributed by atoms with Gasteiger partial charge in [0.25, 0.3) is 0 Å². The van der Waals surface area contributed by atoms with Gasteiger partial charge in [0.2, 0.25) is 5.88 Å². The molecule has 0 N–H and O–H groups in total. The lowest BCUT2D eigenvalue weighted by Gasteiger charge is -2.16. The van der Waals surface area contributed by atoms with Crippen molar-refractivity contribution in [1.29, 1.82) is 0 Å². The molecule has 0 saturated heterocycles. The van der Waals surface area contributed by atoms with Gasteiger partial charge in [-0.15, -0.1) is 0 Å². The molecule has 29 heavy (non-hydrogen) atoms. The number of fused-ring (bicyclic) bond motifs is 1. The molecular weight excluding hydrogens is 382 g/mol. The summed E-state index contributed by atoms with van der Waals surface area (Å²) in [7, 11) is -1.15. The van der Waals surface area contributed by atoms with Crippen molar-refractivity contribution in [2.75, 3.05) is 6.61 Å². The molecule has 2 heterocycles. The van der Waals surface area contributed by atoms with Gasteiger partial charge in [0, 0.05) is 26.3 Å². The van der Waals surface area contributed by atoms with E-state index in [1.165, 1.54) is 12.8 Å². The molecule has 0 bridgehead atoms. The lowest BCUT2D eigenvalue weighted by molar-refractivity contribution is 0.0849. The van der Waals surface area contributed by atoms with Crippen molar-refractivity contribution in [2.45, 2.75) is 85.0 Å². The lowest BCUT2D eigenvalue weighted by Crippen LogP contribution is -2.22. The van der Waals surface area contributed by atoms with E-state index in [4.69, 9.17) is 9.47 Å². The third-order valence-electron chi connectivity index (χ3n) is 5.29. The van der Waals surface area contributed by atoms with Crippen LogP contribution >= 0.6 is 0 Å². The molecule has 7 heteroatoms. The van der Waals surface area contributed by atoms with Crippen molar-refractivity contribution in [3.05, 3.63) is 18.0 Å². The van der Waals surface area contributed by atoms with Crippen LogP contribution in [0.25, 0.3) is 11.2 Å². The molecule has 0 aliphatic heterocycles. The van der Waals surface area contributed by atoms with Crippen molar-refractivity contribution < 1.29 is 14.3 Å². The lowest BCUT2D eigenvalue weighted by atomic mass is 9.87. The van der Waals surface area contributed by atoms with Crippen LogP contribution in [0.2, 0.25) is 25.7 Å². The van der Waals surface area contributed by atoms with Crippen LogP contribution in [-0.2, 0) is 11.5 Å². The zero-order chi connectivity index (χ0) is 21.2. The average Bonchev–Trinajstić information content (AvgIpc) is 3.24. The highest BCUT2D eigenvalue weighted by atomic mass is 28.3. The van der Waals surface area contributed by atoms with Gasteiger partial charge in [0.15, 0.2) is 11.4 Å². The standard InChI is InChI=1S/C22H35N3O3Si/c1-22(2,3)20(26)17-14-25(15-27-11-12-29(4,5)6)21-19(17)24-18(13-23-21)28-16-9-7-8-10-16/h13-14,16H,7-12,15H2,1-6H3. The molecule has 0 spiro atoms. The van der Waals surface area contributed by atoms with Gasteiger partial charge in [0.1, 0.15) is 18.4 Å². The van der Waals surface area contributed by atoms with Crippen LogP contribution in [0.3, 0.4) is 0 Å². The van der Waals surface area contributed by atoms with Crippen molar-refractivity contribution >= 4 is 25.0 Å². The van der Waals surface area contributed by atoms with Crippen LogP contribution < -0.4 is 4.74 Å². The highest BCUT2D eigenvalue weighted by Crippen LogP contribution is 2.29. The van der Waals surface area contributed by atoms with Gasteiger partial charge >= 0.3 is 0 Å². The monoisotopic (exact) mass is 417 g/mol. The molecule has 1 fully saturated rings. The molecule has 0 aromatic carbocycles. The zero-order valence-corrected chi connectivity index (χ0v) is 19.7. The molecule has 2 aromatic rings. The molecule has 2 aromatic heterocycles. The second kappa shape index (κ2) is 8.56. The van der Waals surface area contributed by atoms with E-state index in [0.29, 0.717) is 35.9 Å². The van der Waals surface area contributed by atoms with Gasteiger partial charge < -0.3 is 14.0 Å². The quantitative estimate of drug-likeness (QED) is 0.331. The maximum Gasteiger partial charge on any atom is 0.233 e. The van der Waals surface area contributed by atoms with E-state index in [2.05, 4.69) is 29.6 Å². The molecule has 0 amide bonds. The number of nitrogens with zero attached hydrogens (tertiary/aromatic N) is 3. The summed E-state index contributed by atoms with van der Waals surface area (Å²) in [6, 6.07) is 1.10. The second-order valence-electron chi connectivity index (χ2n) is 10.3. The molecule has 160 valence electrons. The number of hydrogen-bond acceptors (Lipinski definition) is 5. The number of carbonyl (C=O) groups is 1. The molecule has 6 nitrogen and oxygen atoms in total. The van der Waals surface area contributed by atoms with E-state index in [0.717, 1.165) is 18.9 Å². The fourth-order valence-electron chi connectivity index (χ4n) is 3.48. The summed E-state index contributed by atoms with van der Waals surface area (Å²) in [4.78, 5) is 22.3. The second-order valence-corrected chi connectivity index (χ2v) is 16.0. The Hall–Kier alpha value is -1.73. The number of Topliss-reactive ketones (excluding diaryl/α,β-unsaturated/α-hetero) is 1. The third-order valence-corrected chi connectivity index (χ3v) is 6.99. The Morgan fingerprint density at radius 3 is 2.55 bits per heavy atom. The maximum absolute atomic E-state index is 13.1. The van der Waals surface area contributed by atoms with Gasteiger partial charge in [-0.3, -0.25) is 4.79 Å². The molecule has 0 radical (unpaired) electrons. The molecule has 0 atom stereocenters. The SMILES string of the molecule is CC(C)(C)C(=O)c1cn(COCC[Si](C)(C)C)c2ncc(OC3CCCC3)nc12. The molecule has 0 unspecified atom stereocenters. The van der Waals surface area contributed by atoms with Gasteiger partial charge in [-0.1, -0.05) is 40.4 Å². The third kappa shape index (κ3) is 5.66. The Morgan fingerprint density at radius 2 is 1.93 bits per heavy atom. The van der Waals surface area contributed by atoms with E-state index < -0.39 is 13.5 Å². The van der Waals surface area contributed by atoms with Crippen LogP contribution in [-0.4, -0.2) is 41.1 Å². The van der Waals surface area contributed by atoms with Crippen molar-refractivity contribution in [1.82, 2.24) is 14.5 Å². The number of ether oxygens (including phenoxy) is 2. The van der Waals surface area contributed by atoms with E-state index in [9.17, 15) is 4.79 Å². The van der Waals surface area contributed by atoms with E-state index in [1.54, 1.807) is 6.20 Å². The van der Waals surface area contributed by atoms with Crippen LogP contribution in [0, 0.1) is 5.41 Å². The van der Waals surface area contributed by atoms with Gasteiger partial charge in [-0.2, -0.15) is 0 Å². The topological polar surface area (TPSA) is 66.2 Å². The molecular formula is C22H35N3O3Si. The first kappa shape index (κ1) is 22.0. The highest BCUT2D eigenvalue weighted by Gasteiger charge is 2.28. The fourth-order valence-corrected chi connectivity index (χ4v) is 4.24. The summed E-state index contributed by atoms with van der Waals surface area (Å²) in [5, 5.41) is 0. The van der Waals surface area contributed by atoms with Crippen LogP contribution in [0.1, 0.15) is 56.8 Å². The van der Waals surface area contributed by atoms with Crippen molar-refractivity contribution in [2.24, 2.45) is 5.41 Å². The zero-order valence-electron chi connectivity index (χ0n) is 18.7. The highest BCUT2D eigenvalue weighted by molar-refractivity contribution is 6.76. The molecule has 1 aliphatic carbocycles. The van der Waals surface area contributed by atoms with E-state index >= 15 is 0 Å². The summed E-state index contributed by atoms with van der Waals surface area (Å²) in [6.07, 6.45) is 8.21. The smallest absolute Gasteiger partial charge is 0.233 e. The van der Waals surface area contributed by atoms with Gasteiger partial charge in [0.05, 0.1) is 11.8 Å². The van der Waals surface area contributed by atoms with E-state index in [1.807, 2.05) is 31.5 Å². The summed E-state index contributed by atoms with van der Waals surface area (Å²) >= 11 is 0. The minimum Gasteiger partial charge on any atom is -0.473 e. The number of ketones is 1. The Balaban J connectivity index is 1.87. The summed E-state index contributed by atoms with van der Waals surface area (Å²) < 4.78 is 13.8. The van der Waals surface area contributed by atoms with Crippen molar-refractivity contribution in [3.8, 4) is 5.88 Å². The van der Waals surface area contributed by atoms with Crippen LogP contribution in [0.15, 0.2) is 12.4 Å². The largest absolute Gasteiger partial charge is 0.473 e. The Bertz CT molecular complexity index is 859. The predicted molar refractivity (Wildman–Crippen MR) is 118 cm³/mol. The summed E-state index contributed by atoms with van der Waals surface area (Å²) in [5.41, 5.74) is 1.37. The summed E-state index contributed by atoms with van der Waals surface area (Å²) in [5.74, 6) is 0.556.